The van der Waals surface area contributed by atoms with Crippen LogP contribution in [-0.2, 0) is 5.60 Å². The summed E-state index contributed by atoms with van der Waals surface area (Å²) in [6, 6.07) is 5.87. The van der Waals surface area contributed by atoms with E-state index in [0.717, 1.165) is 14.2 Å². The molecule has 0 saturated heterocycles. The van der Waals surface area contributed by atoms with E-state index < -0.39 is 5.60 Å². The third-order valence-electron chi connectivity index (χ3n) is 2.06. The second-order valence-electron chi connectivity index (χ2n) is 3.15. The first kappa shape index (κ1) is 10.4. The number of rotatable bonds is 2. The van der Waals surface area contributed by atoms with Crippen molar-refractivity contribution in [2.75, 3.05) is 0 Å². The molecule has 4 heteroatoms. The van der Waals surface area contributed by atoms with Gasteiger partial charge in [-0.3, -0.25) is 0 Å². The summed E-state index contributed by atoms with van der Waals surface area (Å²) in [7, 11) is 0. The summed E-state index contributed by atoms with van der Waals surface area (Å²) < 4.78 is 0.973. The van der Waals surface area contributed by atoms with Crippen molar-refractivity contribution in [1.29, 1.82) is 0 Å². The van der Waals surface area contributed by atoms with E-state index in [1.165, 1.54) is 0 Å². The van der Waals surface area contributed by atoms with Crippen molar-refractivity contribution in [1.82, 2.24) is 0 Å². The first-order valence-electron chi connectivity index (χ1n) is 4.12. The Labute approximate surface area is 99.2 Å². The Morgan fingerprint density at radius 3 is 2.57 bits per heavy atom. The van der Waals surface area contributed by atoms with Crippen molar-refractivity contribution < 1.29 is 5.11 Å². The summed E-state index contributed by atoms with van der Waals surface area (Å²) in [6.45, 7) is 1.83. The van der Waals surface area contributed by atoms with Crippen LogP contribution < -0.4 is 0 Å². The quantitative estimate of drug-likeness (QED) is 0.891. The SMILES string of the molecule is CC(O)(c1cccs1)c1sccc1Br. The van der Waals surface area contributed by atoms with Crippen molar-refractivity contribution >= 4 is 38.6 Å². The fourth-order valence-corrected chi connectivity index (χ4v) is 4.00. The Bertz CT molecular complexity index is 417. The molecule has 2 aromatic rings. The molecule has 0 spiro atoms. The van der Waals surface area contributed by atoms with E-state index in [0.29, 0.717) is 0 Å². The van der Waals surface area contributed by atoms with Crippen molar-refractivity contribution in [3.05, 3.63) is 43.2 Å². The van der Waals surface area contributed by atoms with Crippen molar-refractivity contribution in [2.24, 2.45) is 0 Å². The highest BCUT2D eigenvalue weighted by atomic mass is 79.9. The van der Waals surface area contributed by atoms with Gasteiger partial charge >= 0.3 is 0 Å². The molecule has 74 valence electrons. The number of aliphatic hydroxyl groups is 1. The highest BCUT2D eigenvalue weighted by Crippen LogP contribution is 2.39. The molecular formula is C10H9BrOS2. The first-order chi connectivity index (χ1) is 6.62. The minimum Gasteiger partial charge on any atom is -0.379 e. The van der Waals surface area contributed by atoms with Crippen LogP contribution in [0.15, 0.2) is 33.4 Å². The lowest BCUT2D eigenvalue weighted by atomic mass is 10.0. The van der Waals surface area contributed by atoms with E-state index in [2.05, 4.69) is 15.9 Å². The molecule has 0 aliphatic rings. The van der Waals surface area contributed by atoms with E-state index in [1.54, 1.807) is 22.7 Å². The molecule has 2 aromatic heterocycles. The monoisotopic (exact) mass is 288 g/mol. The lowest BCUT2D eigenvalue weighted by Crippen LogP contribution is -2.20. The summed E-state index contributed by atoms with van der Waals surface area (Å²) in [5.41, 5.74) is -0.874. The molecule has 0 aromatic carbocycles. The summed E-state index contributed by atoms with van der Waals surface area (Å²) in [6.07, 6.45) is 0. The molecule has 1 atom stereocenters. The van der Waals surface area contributed by atoms with Crippen molar-refractivity contribution in [3.63, 3.8) is 0 Å². The minimum absolute atomic E-state index is 0.874. The molecule has 0 aliphatic heterocycles. The molecule has 1 N–H and O–H groups in total. The van der Waals surface area contributed by atoms with E-state index in [1.807, 2.05) is 35.9 Å². The predicted molar refractivity (Wildman–Crippen MR) is 65.0 cm³/mol. The third kappa shape index (κ3) is 1.67. The van der Waals surface area contributed by atoms with Gasteiger partial charge in [-0.15, -0.1) is 22.7 Å². The van der Waals surface area contributed by atoms with Gasteiger partial charge in [-0.2, -0.15) is 0 Å². The van der Waals surface area contributed by atoms with Gasteiger partial charge in [0.2, 0.25) is 0 Å². The van der Waals surface area contributed by atoms with Crippen LogP contribution in [0.3, 0.4) is 0 Å². The zero-order valence-corrected chi connectivity index (χ0v) is 10.7. The molecule has 2 heterocycles. The van der Waals surface area contributed by atoms with Crippen LogP contribution in [0.1, 0.15) is 16.7 Å². The highest BCUT2D eigenvalue weighted by Gasteiger charge is 2.29. The maximum atomic E-state index is 10.4. The Balaban J connectivity index is 2.48. The number of thiophene rings is 2. The lowest BCUT2D eigenvalue weighted by Gasteiger charge is -2.20. The van der Waals surface area contributed by atoms with Gasteiger partial charge in [0.15, 0.2) is 0 Å². The molecule has 0 fully saturated rings. The van der Waals surface area contributed by atoms with Crippen LogP contribution in [-0.4, -0.2) is 5.11 Å². The van der Waals surface area contributed by atoms with E-state index in [9.17, 15) is 5.11 Å². The van der Waals surface area contributed by atoms with Gasteiger partial charge in [-0.1, -0.05) is 6.07 Å². The van der Waals surface area contributed by atoms with Gasteiger partial charge in [0.1, 0.15) is 5.60 Å². The van der Waals surface area contributed by atoms with Gasteiger partial charge in [-0.05, 0) is 45.7 Å². The summed E-state index contributed by atoms with van der Waals surface area (Å²) in [5, 5.41) is 14.4. The highest BCUT2D eigenvalue weighted by molar-refractivity contribution is 9.10. The summed E-state index contributed by atoms with van der Waals surface area (Å²) >= 11 is 6.58. The van der Waals surface area contributed by atoms with E-state index in [-0.39, 0.29) is 0 Å². The van der Waals surface area contributed by atoms with Crippen LogP contribution in [0.25, 0.3) is 0 Å². The molecule has 0 aliphatic carbocycles. The van der Waals surface area contributed by atoms with Crippen LogP contribution in [0.4, 0.5) is 0 Å². The standard InChI is InChI=1S/C10H9BrOS2/c1-10(12,8-3-2-5-13-8)9-7(11)4-6-14-9/h2-6,12H,1H3. The Hall–Kier alpha value is -0.160. The molecule has 2 rings (SSSR count). The minimum atomic E-state index is -0.874. The zero-order chi connectivity index (χ0) is 10.2. The molecule has 0 bridgehead atoms. The Morgan fingerprint density at radius 2 is 2.07 bits per heavy atom. The smallest absolute Gasteiger partial charge is 0.131 e. The summed E-state index contributed by atoms with van der Waals surface area (Å²) in [5.74, 6) is 0. The lowest BCUT2D eigenvalue weighted by molar-refractivity contribution is 0.109. The van der Waals surface area contributed by atoms with Crippen LogP contribution in [0.2, 0.25) is 0 Å². The first-order valence-corrected chi connectivity index (χ1v) is 6.67. The van der Waals surface area contributed by atoms with Gasteiger partial charge < -0.3 is 5.11 Å². The second kappa shape index (κ2) is 3.77. The van der Waals surface area contributed by atoms with Crippen LogP contribution in [0.5, 0.6) is 0 Å². The zero-order valence-electron chi connectivity index (χ0n) is 7.53. The number of halogens is 1. The van der Waals surface area contributed by atoms with Crippen LogP contribution >= 0.6 is 38.6 Å². The van der Waals surface area contributed by atoms with E-state index in [4.69, 9.17) is 0 Å². The normalized spacial score (nSPS) is 15.4. The van der Waals surface area contributed by atoms with Gasteiger partial charge in [-0.25, -0.2) is 0 Å². The fourth-order valence-electron chi connectivity index (χ4n) is 1.31. The van der Waals surface area contributed by atoms with E-state index >= 15 is 0 Å². The number of hydrogen-bond donors (Lipinski definition) is 1. The van der Waals surface area contributed by atoms with Crippen LogP contribution in [0, 0.1) is 0 Å². The molecule has 1 nitrogen and oxygen atoms in total. The van der Waals surface area contributed by atoms with Crippen molar-refractivity contribution in [2.45, 2.75) is 12.5 Å². The molecular weight excluding hydrogens is 280 g/mol. The Kier molecular flexibility index (Phi) is 2.79. The summed E-state index contributed by atoms with van der Waals surface area (Å²) in [4.78, 5) is 1.93. The fraction of sp³-hybridized carbons (Fsp3) is 0.200. The number of hydrogen-bond acceptors (Lipinski definition) is 3. The van der Waals surface area contributed by atoms with Gasteiger partial charge in [0.25, 0.3) is 0 Å². The topological polar surface area (TPSA) is 20.2 Å². The predicted octanol–water partition coefficient (Wildman–Crippen LogP) is 3.83. The Morgan fingerprint density at radius 1 is 1.29 bits per heavy atom. The maximum absolute atomic E-state index is 10.4. The van der Waals surface area contributed by atoms with Crippen molar-refractivity contribution in [3.8, 4) is 0 Å². The molecule has 14 heavy (non-hydrogen) atoms. The third-order valence-corrected chi connectivity index (χ3v) is 5.19. The molecule has 1 unspecified atom stereocenters. The molecule has 0 amide bonds. The average Bonchev–Trinajstić information content (AvgIpc) is 2.72. The molecule has 0 saturated carbocycles. The largest absolute Gasteiger partial charge is 0.379 e. The van der Waals surface area contributed by atoms with Gasteiger partial charge in [0, 0.05) is 9.35 Å². The second-order valence-corrected chi connectivity index (χ2v) is 5.87. The maximum Gasteiger partial charge on any atom is 0.131 e. The molecule has 0 radical (unpaired) electrons. The van der Waals surface area contributed by atoms with Gasteiger partial charge in [0.05, 0.1) is 4.88 Å². The average molecular weight is 289 g/mol.